The SMILES string of the molecule is CC1CCCN(c2nc3c(cnn3-c3ccccc3)c(=O)[nH]2)C1CNC(=O)OC(C)(C)C. The second kappa shape index (κ2) is 8.64. The van der Waals surface area contributed by atoms with E-state index in [-0.39, 0.29) is 11.6 Å². The van der Waals surface area contributed by atoms with Gasteiger partial charge in [-0.2, -0.15) is 10.1 Å². The number of carbonyl (C=O) groups excluding carboxylic acids is 1. The molecule has 1 aliphatic heterocycles. The first kappa shape index (κ1) is 21.9. The highest BCUT2D eigenvalue weighted by Gasteiger charge is 2.31. The van der Waals surface area contributed by atoms with Crippen LogP contribution in [0.5, 0.6) is 0 Å². The van der Waals surface area contributed by atoms with Crippen LogP contribution < -0.4 is 15.8 Å². The summed E-state index contributed by atoms with van der Waals surface area (Å²) in [5, 5.41) is 7.70. The minimum atomic E-state index is -0.560. The molecule has 0 spiro atoms. The van der Waals surface area contributed by atoms with Crippen LogP contribution in [0.25, 0.3) is 16.7 Å². The Balaban J connectivity index is 1.65. The van der Waals surface area contributed by atoms with E-state index in [9.17, 15) is 9.59 Å². The number of fused-ring (bicyclic) bond motifs is 1. The van der Waals surface area contributed by atoms with Crippen molar-refractivity contribution in [3.8, 4) is 5.69 Å². The van der Waals surface area contributed by atoms with Crippen molar-refractivity contribution in [1.82, 2.24) is 25.1 Å². The summed E-state index contributed by atoms with van der Waals surface area (Å²) in [5.74, 6) is 0.793. The monoisotopic (exact) mass is 438 g/mol. The van der Waals surface area contributed by atoms with Crippen LogP contribution in [-0.2, 0) is 4.74 Å². The molecule has 1 fully saturated rings. The first-order valence-electron chi connectivity index (χ1n) is 11.0. The number of nitrogens with zero attached hydrogens (tertiary/aromatic N) is 4. The molecule has 1 amide bonds. The Morgan fingerprint density at radius 1 is 1.28 bits per heavy atom. The quantitative estimate of drug-likeness (QED) is 0.648. The standard InChI is InChI=1S/C23H30N6O3/c1-15-9-8-12-28(18(15)14-24-22(31)32-23(2,3)4)21-26-19-17(20(30)27-21)13-25-29(19)16-10-6-5-7-11-16/h5-7,10-11,13,15,18H,8-9,12,14H2,1-4H3,(H,24,31)(H,26,27,30). The zero-order chi connectivity index (χ0) is 22.9. The Hall–Kier alpha value is -3.36. The summed E-state index contributed by atoms with van der Waals surface area (Å²) in [6.45, 7) is 8.79. The third-order valence-electron chi connectivity index (χ3n) is 5.67. The largest absolute Gasteiger partial charge is 0.444 e. The van der Waals surface area contributed by atoms with Crippen molar-refractivity contribution < 1.29 is 9.53 Å². The maximum atomic E-state index is 12.8. The molecule has 2 atom stereocenters. The lowest BCUT2D eigenvalue weighted by atomic mass is 9.91. The fourth-order valence-corrected chi connectivity index (χ4v) is 4.13. The molecule has 1 saturated heterocycles. The van der Waals surface area contributed by atoms with Gasteiger partial charge in [0.1, 0.15) is 11.0 Å². The van der Waals surface area contributed by atoms with Gasteiger partial charge in [0.15, 0.2) is 5.65 Å². The average Bonchev–Trinajstić information content (AvgIpc) is 3.17. The summed E-state index contributed by atoms with van der Waals surface area (Å²) in [6.07, 6.45) is 3.10. The highest BCUT2D eigenvalue weighted by atomic mass is 16.6. The summed E-state index contributed by atoms with van der Waals surface area (Å²) in [4.78, 5) is 34.8. The van der Waals surface area contributed by atoms with Crippen LogP contribution in [0.3, 0.4) is 0 Å². The Labute approximate surface area is 186 Å². The van der Waals surface area contributed by atoms with Crippen molar-refractivity contribution in [3.05, 3.63) is 46.9 Å². The molecule has 2 unspecified atom stereocenters. The minimum absolute atomic E-state index is 0.0232. The number of benzene rings is 1. The number of H-pyrrole nitrogens is 1. The zero-order valence-corrected chi connectivity index (χ0v) is 19.0. The van der Waals surface area contributed by atoms with Gasteiger partial charge in [0, 0.05) is 13.1 Å². The van der Waals surface area contributed by atoms with Crippen molar-refractivity contribution in [2.24, 2.45) is 5.92 Å². The van der Waals surface area contributed by atoms with Gasteiger partial charge in [-0.1, -0.05) is 25.1 Å². The van der Waals surface area contributed by atoms with Crippen LogP contribution >= 0.6 is 0 Å². The molecule has 2 aromatic heterocycles. The lowest BCUT2D eigenvalue weighted by molar-refractivity contribution is 0.0519. The smallest absolute Gasteiger partial charge is 0.407 e. The van der Waals surface area contributed by atoms with Crippen LogP contribution in [0.1, 0.15) is 40.5 Å². The van der Waals surface area contributed by atoms with Crippen LogP contribution in [0, 0.1) is 5.92 Å². The molecule has 3 heterocycles. The van der Waals surface area contributed by atoms with E-state index in [1.807, 2.05) is 51.1 Å². The number of alkyl carbamates (subject to hydrolysis) is 1. The Morgan fingerprint density at radius 3 is 2.75 bits per heavy atom. The van der Waals surface area contributed by atoms with Crippen molar-refractivity contribution in [3.63, 3.8) is 0 Å². The molecule has 3 aromatic rings. The van der Waals surface area contributed by atoms with Crippen LogP contribution in [0.15, 0.2) is 41.3 Å². The number of aromatic amines is 1. The van der Waals surface area contributed by atoms with Crippen molar-refractivity contribution in [2.45, 2.75) is 52.2 Å². The van der Waals surface area contributed by atoms with E-state index >= 15 is 0 Å². The first-order valence-corrected chi connectivity index (χ1v) is 11.0. The van der Waals surface area contributed by atoms with E-state index in [0.29, 0.717) is 29.4 Å². The third-order valence-corrected chi connectivity index (χ3v) is 5.67. The topological polar surface area (TPSA) is 105 Å². The number of hydrogen-bond donors (Lipinski definition) is 2. The summed E-state index contributed by atoms with van der Waals surface area (Å²) >= 11 is 0. The van der Waals surface area contributed by atoms with Crippen LogP contribution in [-0.4, -0.2) is 50.6 Å². The number of piperidine rings is 1. The van der Waals surface area contributed by atoms with Gasteiger partial charge in [-0.15, -0.1) is 0 Å². The van der Waals surface area contributed by atoms with E-state index in [2.05, 4.69) is 27.2 Å². The number of carbonyl (C=O) groups is 1. The molecule has 1 aliphatic rings. The number of amides is 1. The Kier molecular flexibility index (Phi) is 5.90. The van der Waals surface area contributed by atoms with E-state index in [0.717, 1.165) is 25.1 Å². The van der Waals surface area contributed by atoms with E-state index in [1.165, 1.54) is 6.20 Å². The third kappa shape index (κ3) is 4.61. The molecule has 2 N–H and O–H groups in total. The molecule has 9 heteroatoms. The maximum Gasteiger partial charge on any atom is 0.407 e. The Bertz CT molecular complexity index is 1150. The first-order chi connectivity index (χ1) is 15.2. The predicted octanol–water partition coefficient (Wildman–Crippen LogP) is 3.24. The van der Waals surface area contributed by atoms with Gasteiger partial charge in [0.25, 0.3) is 5.56 Å². The predicted molar refractivity (Wildman–Crippen MR) is 123 cm³/mol. The lowest BCUT2D eigenvalue weighted by Gasteiger charge is -2.40. The number of rotatable bonds is 4. The number of nitrogens with one attached hydrogen (secondary N) is 2. The van der Waals surface area contributed by atoms with Crippen molar-refractivity contribution >= 4 is 23.1 Å². The second-order valence-electron chi connectivity index (χ2n) is 9.28. The fourth-order valence-electron chi connectivity index (χ4n) is 4.13. The normalized spacial score (nSPS) is 19.2. The molecular formula is C23H30N6O3. The molecule has 0 saturated carbocycles. The Morgan fingerprint density at radius 2 is 2.03 bits per heavy atom. The average molecular weight is 439 g/mol. The number of para-hydroxylation sites is 1. The fraction of sp³-hybridized carbons (Fsp3) is 0.478. The van der Waals surface area contributed by atoms with Crippen LogP contribution in [0.4, 0.5) is 10.7 Å². The van der Waals surface area contributed by atoms with E-state index in [1.54, 1.807) is 4.68 Å². The summed E-state index contributed by atoms with van der Waals surface area (Å²) < 4.78 is 7.06. The number of hydrogen-bond acceptors (Lipinski definition) is 6. The number of anilines is 1. The molecule has 32 heavy (non-hydrogen) atoms. The van der Waals surface area contributed by atoms with Gasteiger partial charge < -0.3 is 15.0 Å². The van der Waals surface area contributed by atoms with Crippen molar-refractivity contribution in [1.29, 1.82) is 0 Å². The second-order valence-corrected chi connectivity index (χ2v) is 9.28. The van der Waals surface area contributed by atoms with Gasteiger partial charge >= 0.3 is 6.09 Å². The van der Waals surface area contributed by atoms with Gasteiger partial charge in [0.05, 0.1) is 17.9 Å². The number of aromatic nitrogens is 4. The van der Waals surface area contributed by atoms with E-state index in [4.69, 9.17) is 9.72 Å². The molecule has 0 bridgehead atoms. The highest BCUT2D eigenvalue weighted by molar-refractivity contribution is 5.76. The lowest BCUT2D eigenvalue weighted by Crippen LogP contribution is -2.52. The zero-order valence-electron chi connectivity index (χ0n) is 19.0. The van der Waals surface area contributed by atoms with Crippen LogP contribution in [0.2, 0.25) is 0 Å². The molecule has 9 nitrogen and oxygen atoms in total. The summed E-state index contributed by atoms with van der Waals surface area (Å²) in [7, 11) is 0. The minimum Gasteiger partial charge on any atom is -0.444 e. The van der Waals surface area contributed by atoms with Gasteiger partial charge in [-0.25, -0.2) is 9.48 Å². The highest BCUT2D eigenvalue weighted by Crippen LogP contribution is 2.27. The maximum absolute atomic E-state index is 12.8. The molecule has 0 aliphatic carbocycles. The molecule has 1 aromatic carbocycles. The van der Waals surface area contributed by atoms with Gasteiger partial charge in [-0.3, -0.25) is 9.78 Å². The van der Waals surface area contributed by atoms with Gasteiger partial charge in [-0.05, 0) is 51.7 Å². The molecule has 0 radical (unpaired) electrons. The molecule has 4 rings (SSSR count). The van der Waals surface area contributed by atoms with Crippen molar-refractivity contribution in [2.75, 3.05) is 18.0 Å². The number of ether oxygens (including phenoxy) is 1. The molecular weight excluding hydrogens is 408 g/mol. The molecule has 170 valence electrons. The van der Waals surface area contributed by atoms with E-state index < -0.39 is 11.7 Å². The summed E-state index contributed by atoms with van der Waals surface area (Å²) in [6, 6.07) is 9.59. The summed E-state index contributed by atoms with van der Waals surface area (Å²) in [5.41, 5.74) is 0.549. The van der Waals surface area contributed by atoms with Gasteiger partial charge in [0.2, 0.25) is 5.95 Å².